The molecular weight excluding hydrogens is 176 g/mol. The van der Waals surface area contributed by atoms with Crippen molar-refractivity contribution in [3.8, 4) is 6.07 Å². The van der Waals surface area contributed by atoms with Crippen molar-refractivity contribution in [2.24, 2.45) is 11.3 Å². The van der Waals surface area contributed by atoms with Crippen LogP contribution in [0.3, 0.4) is 0 Å². The van der Waals surface area contributed by atoms with Crippen molar-refractivity contribution in [3.63, 3.8) is 0 Å². The maximum Gasteiger partial charge on any atom is 0.240 e. The van der Waals surface area contributed by atoms with Crippen molar-refractivity contribution < 1.29 is 4.79 Å². The van der Waals surface area contributed by atoms with Crippen LogP contribution < -0.4 is 5.32 Å². The van der Waals surface area contributed by atoms with Gasteiger partial charge in [-0.05, 0) is 26.2 Å². The highest BCUT2D eigenvalue weighted by Crippen LogP contribution is 2.15. The van der Waals surface area contributed by atoms with Crippen LogP contribution in [-0.2, 0) is 4.79 Å². The molecule has 0 aliphatic rings. The first-order valence-electron chi connectivity index (χ1n) is 5.07. The fraction of sp³-hybridized carbons (Fsp3) is 0.818. The van der Waals surface area contributed by atoms with E-state index < -0.39 is 5.41 Å². The second-order valence-electron chi connectivity index (χ2n) is 4.47. The molecule has 0 saturated heterocycles. The molecule has 0 radical (unpaired) electrons. The number of nitrogens with zero attached hydrogens (tertiary/aromatic N) is 1. The van der Waals surface area contributed by atoms with E-state index in [2.05, 4.69) is 19.2 Å². The van der Waals surface area contributed by atoms with Crippen molar-refractivity contribution in [2.45, 2.75) is 47.1 Å². The largest absolute Gasteiger partial charge is 0.352 e. The van der Waals surface area contributed by atoms with E-state index in [-0.39, 0.29) is 11.9 Å². The molecule has 1 amide bonds. The quantitative estimate of drug-likeness (QED) is 0.748. The van der Waals surface area contributed by atoms with Gasteiger partial charge in [-0.25, -0.2) is 0 Å². The van der Waals surface area contributed by atoms with Gasteiger partial charge in [0.2, 0.25) is 5.91 Å². The molecular formula is C11H20N2O. The molecule has 0 heterocycles. The maximum absolute atomic E-state index is 11.6. The SMILES string of the molecule is CCC(NC(=O)C(C)(C)C#N)C(C)C. The topological polar surface area (TPSA) is 52.9 Å². The summed E-state index contributed by atoms with van der Waals surface area (Å²) in [6.07, 6.45) is 0.894. The van der Waals surface area contributed by atoms with E-state index in [1.54, 1.807) is 13.8 Å². The molecule has 0 bridgehead atoms. The Kier molecular flexibility index (Phi) is 4.62. The molecule has 0 aromatic rings. The minimum atomic E-state index is -0.928. The van der Waals surface area contributed by atoms with Crippen molar-refractivity contribution in [3.05, 3.63) is 0 Å². The highest BCUT2D eigenvalue weighted by molar-refractivity contribution is 5.84. The molecule has 80 valence electrons. The molecule has 1 unspecified atom stereocenters. The van der Waals surface area contributed by atoms with Gasteiger partial charge >= 0.3 is 0 Å². The van der Waals surface area contributed by atoms with Gasteiger partial charge in [0, 0.05) is 6.04 Å². The zero-order valence-electron chi connectivity index (χ0n) is 9.72. The maximum atomic E-state index is 11.6. The van der Waals surface area contributed by atoms with Gasteiger partial charge in [-0.2, -0.15) is 5.26 Å². The molecule has 0 saturated carbocycles. The lowest BCUT2D eigenvalue weighted by molar-refractivity contribution is -0.127. The Bertz CT molecular complexity index is 238. The van der Waals surface area contributed by atoms with E-state index in [4.69, 9.17) is 5.26 Å². The summed E-state index contributed by atoms with van der Waals surface area (Å²) in [6.45, 7) is 9.43. The first-order chi connectivity index (χ1) is 6.35. The number of nitriles is 1. The molecule has 0 aromatic heterocycles. The Balaban J connectivity index is 4.39. The van der Waals surface area contributed by atoms with Gasteiger partial charge < -0.3 is 5.32 Å². The van der Waals surface area contributed by atoms with Gasteiger partial charge in [0.25, 0.3) is 0 Å². The summed E-state index contributed by atoms with van der Waals surface area (Å²) in [6, 6.07) is 2.16. The third-order valence-electron chi connectivity index (χ3n) is 2.41. The Hall–Kier alpha value is -1.04. The number of amides is 1. The highest BCUT2D eigenvalue weighted by Gasteiger charge is 2.29. The molecule has 3 heteroatoms. The van der Waals surface area contributed by atoms with E-state index in [1.807, 2.05) is 13.0 Å². The number of hydrogen-bond donors (Lipinski definition) is 1. The Morgan fingerprint density at radius 1 is 1.50 bits per heavy atom. The number of rotatable bonds is 4. The summed E-state index contributed by atoms with van der Waals surface area (Å²) in [4.78, 5) is 11.6. The second kappa shape index (κ2) is 4.99. The number of carbonyl (C=O) groups excluding carboxylic acids is 1. The zero-order valence-corrected chi connectivity index (χ0v) is 9.72. The first-order valence-corrected chi connectivity index (χ1v) is 5.07. The molecule has 1 atom stereocenters. The van der Waals surface area contributed by atoms with Gasteiger partial charge in [-0.15, -0.1) is 0 Å². The van der Waals surface area contributed by atoms with Crippen LogP contribution in [0.1, 0.15) is 41.0 Å². The van der Waals surface area contributed by atoms with E-state index in [9.17, 15) is 4.79 Å². The third-order valence-corrected chi connectivity index (χ3v) is 2.41. The van der Waals surface area contributed by atoms with Crippen molar-refractivity contribution in [2.75, 3.05) is 0 Å². The summed E-state index contributed by atoms with van der Waals surface area (Å²) in [7, 11) is 0. The van der Waals surface area contributed by atoms with Crippen LogP contribution in [-0.4, -0.2) is 11.9 Å². The van der Waals surface area contributed by atoms with Crippen LogP contribution in [0.5, 0.6) is 0 Å². The number of carbonyl (C=O) groups is 1. The van der Waals surface area contributed by atoms with Crippen molar-refractivity contribution in [1.82, 2.24) is 5.32 Å². The van der Waals surface area contributed by atoms with E-state index >= 15 is 0 Å². The second-order valence-corrected chi connectivity index (χ2v) is 4.47. The van der Waals surface area contributed by atoms with Gasteiger partial charge in [0.05, 0.1) is 6.07 Å². The van der Waals surface area contributed by atoms with Gasteiger partial charge in [-0.3, -0.25) is 4.79 Å². The zero-order chi connectivity index (χ0) is 11.4. The lowest BCUT2D eigenvalue weighted by Crippen LogP contribution is -2.44. The highest BCUT2D eigenvalue weighted by atomic mass is 16.2. The predicted octanol–water partition coefficient (Wildman–Crippen LogP) is 2.09. The Morgan fingerprint density at radius 2 is 2.00 bits per heavy atom. The minimum Gasteiger partial charge on any atom is -0.352 e. The van der Waals surface area contributed by atoms with Crippen molar-refractivity contribution in [1.29, 1.82) is 5.26 Å². The fourth-order valence-corrected chi connectivity index (χ4v) is 1.14. The Morgan fingerprint density at radius 3 is 2.29 bits per heavy atom. The van der Waals surface area contributed by atoms with Crippen LogP contribution in [0.4, 0.5) is 0 Å². The molecule has 14 heavy (non-hydrogen) atoms. The molecule has 0 aromatic carbocycles. The number of nitrogens with one attached hydrogen (secondary N) is 1. The standard InChI is InChI=1S/C11H20N2O/c1-6-9(8(2)3)13-10(14)11(4,5)7-12/h8-9H,6H2,1-5H3,(H,13,14). The van der Waals surface area contributed by atoms with Crippen LogP contribution in [0.2, 0.25) is 0 Å². The molecule has 0 aliphatic heterocycles. The lowest BCUT2D eigenvalue weighted by atomic mass is 9.92. The van der Waals surface area contributed by atoms with E-state index in [0.29, 0.717) is 5.92 Å². The minimum absolute atomic E-state index is 0.162. The summed E-state index contributed by atoms with van der Waals surface area (Å²) < 4.78 is 0. The third kappa shape index (κ3) is 3.37. The van der Waals surface area contributed by atoms with E-state index in [1.165, 1.54) is 0 Å². The van der Waals surface area contributed by atoms with Crippen LogP contribution in [0.25, 0.3) is 0 Å². The lowest BCUT2D eigenvalue weighted by Gasteiger charge is -2.24. The Labute approximate surface area is 86.5 Å². The normalized spacial score (nSPS) is 13.5. The summed E-state index contributed by atoms with van der Waals surface area (Å²) in [5.41, 5.74) is -0.928. The molecule has 0 fully saturated rings. The molecule has 0 aliphatic carbocycles. The van der Waals surface area contributed by atoms with Gasteiger partial charge in [0.1, 0.15) is 5.41 Å². The van der Waals surface area contributed by atoms with Crippen LogP contribution >= 0.6 is 0 Å². The molecule has 1 N–H and O–H groups in total. The summed E-state index contributed by atoms with van der Waals surface area (Å²) in [5, 5.41) is 11.7. The predicted molar refractivity (Wildman–Crippen MR) is 56.5 cm³/mol. The first kappa shape index (κ1) is 13.0. The number of hydrogen-bond acceptors (Lipinski definition) is 2. The van der Waals surface area contributed by atoms with Gasteiger partial charge in [-0.1, -0.05) is 20.8 Å². The monoisotopic (exact) mass is 196 g/mol. The van der Waals surface area contributed by atoms with Crippen LogP contribution in [0.15, 0.2) is 0 Å². The molecule has 0 spiro atoms. The molecule has 3 nitrogen and oxygen atoms in total. The van der Waals surface area contributed by atoms with Gasteiger partial charge in [0.15, 0.2) is 0 Å². The average Bonchev–Trinajstić information content (AvgIpc) is 2.12. The van der Waals surface area contributed by atoms with Crippen LogP contribution in [0, 0.1) is 22.7 Å². The van der Waals surface area contributed by atoms with Crippen molar-refractivity contribution >= 4 is 5.91 Å². The summed E-state index contributed by atoms with van der Waals surface area (Å²) in [5.74, 6) is 0.221. The molecule has 0 rings (SSSR count). The average molecular weight is 196 g/mol. The summed E-state index contributed by atoms with van der Waals surface area (Å²) >= 11 is 0. The fourth-order valence-electron chi connectivity index (χ4n) is 1.14. The smallest absolute Gasteiger partial charge is 0.240 e. The van der Waals surface area contributed by atoms with E-state index in [0.717, 1.165) is 6.42 Å².